The molecule has 6 heteroatoms. The van der Waals surface area contributed by atoms with Crippen molar-refractivity contribution < 1.29 is 18.0 Å². The van der Waals surface area contributed by atoms with E-state index in [1.807, 2.05) is 62.3 Å². The quantitative estimate of drug-likeness (QED) is 0.678. The third-order valence-corrected chi connectivity index (χ3v) is 11.3. The van der Waals surface area contributed by atoms with Crippen LogP contribution in [0.2, 0.25) is 15.1 Å². The molecule has 0 fully saturated rings. The van der Waals surface area contributed by atoms with Gasteiger partial charge in [-0.1, -0.05) is 62.3 Å². The number of halogens is 3. The van der Waals surface area contributed by atoms with Crippen molar-refractivity contribution in [1.29, 1.82) is 0 Å². The van der Waals surface area contributed by atoms with Crippen LogP contribution >= 0.6 is 0 Å². The molecule has 0 aromatic heterocycles. The van der Waals surface area contributed by atoms with Crippen LogP contribution in [0.15, 0.2) is 0 Å². The van der Waals surface area contributed by atoms with Crippen molar-refractivity contribution in [3.63, 3.8) is 0 Å². The number of nitrogens with one attached hydrogen (secondary N) is 1. The summed E-state index contributed by atoms with van der Waals surface area (Å²) in [7, 11) is -2.89. The minimum absolute atomic E-state index is 0.412. The Balaban J connectivity index is 6.15. The lowest BCUT2D eigenvalue weighted by Gasteiger charge is -2.58. The average molecular weight is 311 g/mol. The number of amides is 1. The van der Waals surface area contributed by atoms with Gasteiger partial charge < -0.3 is 4.98 Å². The van der Waals surface area contributed by atoms with Crippen LogP contribution in [0.5, 0.6) is 0 Å². The summed E-state index contributed by atoms with van der Waals surface area (Å²) in [6.07, 6.45) is -4.85. The molecule has 0 bridgehead atoms. The fourth-order valence-corrected chi connectivity index (χ4v) is 12.5. The molecular formula is C14H28F3NOSi. The van der Waals surface area contributed by atoms with Gasteiger partial charge in [0.05, 0.1) is 0 Å². The highest BCUT2D eigenvalue weighted by molar-refractivity contribution is 6.87. The molecule has 0 aliphatic heterocycles. The van der Waals surface area contributed by atoms with Gasteiger partial charge in [0.2, 0.25) is 0 Å². The van der Waals surface area contributed by atoms with Crippen molar-refractivity contribution >= 4 is 14.1 Å². The van der Waals surface area contributed by atoms with Gasteiger partial charge in [0.1, 0.15) is 0 Å². The molecule has 0 aliphatic carbocycles. The first-order valence-corrected chi connectivity index (χ1v) is 8.77. The maximum atomic E-state index is 12.8. The zero-order chi connectivity index (χ0) is 16.8. The Hall–Kier alpha value is -0.523. The van der Waals surface area contributed by atoms with Crippen LogP contribution in [-0.2, 0) is 4.79 Å². The van der Waals surface area contributed by atoms with Crippen molar-refractivity contribution in [3.05, 3.63) is 0 Å². The van der Waals surface area contributed by atoms with Gasteiger partial charge in [-0.15, -0.1) is 0 Å². The average Bonchev–Trinajstić information content (AvgIpc) is 2.04. The molecule has 0 aliphatic rings. The highest BCUT2D eigenvalue weighted by atomic mass is 28.3. The fourth-order valence-electron chi connectivity index (χ4n) is 4.18. The fraction of sp³-hybridized carbons (Fsp3) is 0.929. The molecule has 20 heavy (non-hydrogen) atoms. The van der Waals surface area contributed by atoms with Crippen molar-refractivity contribution in [1.82, 2.24) is 4.98 Å². The van der Waals surface area contributed by atoms with Crippen molar-refractivity contribution in [2.45, 2.75) is 83.6 Å². The molecular weight excluding hydrogens is 283 g/mol. The van der Waals surface area contributed by atoms with Gasteiger partial charge in [0, 0.05) is 0 Å². The van der Waals surface area contributed by atoms with E-state index in [-0.39, 0.29) is 0 Å². The second kappa shape index (κ2) is 5.04. The minimum Gasteiger partial charge on any atom is -0.372 e. The third-order valence-electron chi connectivity index (χ3n) is 3.93. The highest BCUT2D eigenvalue weighted by Gasteiger charge is 2.63. The normalized spacial score (nSPS) is 15.2. The number of hydrogen-bond acceptors (Lipinski definition) is 1. The van der Waals surface area contributed by atoms with Crippen LogP contribution in [-0.4, -0.2) is 20.3 Å². The number of rotatable bonds is 1. The predicted octanol–water partition coefficient (Wildman–Crippen LogP) is 5.01. The number of carbonyl (C=O) groups excluding carboxylic acids is 1. The zero-order valence-electron chi connectivity index (χ0n) is 14.0. The standard InChI is InChI=1S/C14H28F3NOSi/c1-11(2,3)20(12(4,5)6,13(7,8)9)18-10(19)14(15,16)17/h1-9H3,(H,18,19). The third kappa shape index (κ3) is 3.38. The van der Waals surface area contributed by atoms with E-state index in [4.69, 9.17) is 0 Å². The van der Waals surface area contributed by atoms with Crippen LogP contribution < -0.4 is 4.98 Å². The van der Waals surface area contributed by atoms with Gasteiger partial charge in [-0.25, -0.2) is 0 Å². The van der Waals surface area contributed by atoms with E-state index >= 15 is 0 Å². The van der Waals surface area contributed by atoms with Crippen LogP contribution in [0, 0.1) is 0 Å². The van der Waals surface area contributed by atoms with E-state index in [0.29, 0.717) is 0 Å². The van der Waals surface area contributed by atoms with Crippen LogP contribution in [0.25, 0.3) is 0 Å². The Morgan fingerprint density at radius 1 is 0.750 bits per heavy atom. The lowest BCUT2D eigenvalue weighted by molar-refractivity contribution is -0.172. The Kier molecular flexibility index (Phi) is 4.90. The van der Waals surface area contributed by atoms with Gasteiger partial charge in [-0.2, -0.15) is 13.2 Å². The zero-order valence-corrected chi connectivity index (χ0v) is 15.0. The molecule has 1 amide bonds. The van der Waals surface area contributed by atoms with E-state index in [9.17, 15) is 18.0 Å². The topological polar surface area (TPSA) is 29.1 Å². The highest BCUT2D eigenvalue weighted by Crippen LogP contribution is 2.60. The van der Waals surface area contributed by atoms with Gasteiger partial charge in [-0.05, 0) is 15.1 Å². The first kappa shape index (κ1) is 19.5. The summed E-state index contributed by atoms with van der Waals surface area (Å²) in [6, 6.07) is 0. The summed E-state index contributed by atoms with van der Waals surface area (Å²) >= 11 is 0. The Bertz CT molecular complexity index is 334. The van der Waals surface area contributed by atoms with E-state index in [2.05, 4.69) is 4.98 Å². The van der Waals surface area contributed by atoms with Crippen LogP contribution in [0.1, 0.15) is 62.3 Å². The molecule has 1 N–H and O–H groups in total. The van der Waals surface area contributed by atoms with E-state index < -0.39 is 35.4 Å². The smallest absolute Gasteiger partial charge is 0.372 e. The summed E-state index contributed by atoms with van der Waals surface area (Å²) in [5.41, 5.74) is 0. The van der Waals surface area contributed by atoms with Crippen LogP contribution in [0.3, 0.4) is 0 Å². The molecule has 0 spiro atoms. The second-order valence-electron chi connectivity index (χ2n) is 8.45. The first-order valence-electron chi connectivity index (χ1n) is 6.77. The molecule has 0 heterocycles. The van der Waals surface area contributed by atoms with Crippen molar-refractivity contribution in [2.24, 2.45) is 0 Å². The predicted molar refractivity (Wildman–Crippen MR) is 79.1 cm³/mol. The Morgan fingerprint density at radius 2 is 1.00 bits per heavy atom. The lowest BCUT2D eigenvalue weighted by atomic mass is 10.2. The van der Waals surface area contributed by atoms with Crippen LogP contribution in [0.4, 0.5) is 13.2 Å². The van der Waals surface area contributed by atoms with Crippen molar-refractivity contribution in [3.8, 4) is 0 Å². The molecule has 0 aromatic rings. The summed E-state index contributed by atoms with van der Waals surface area (Å²) in [5.74, 6) is -1.82. The monoisotopic (exact) mass is 311 g/mol. The number of hydrogen-bond donors (Lipinski definition) is 1. The van der Waals surface area contributed by atoms with E-state index in [1.54, 1.807) is 0 Å². The molecule has 120 valence electrons. The number of carbonyl (C=O) groups is 1. The largest absolute Gasteiger partial charge is 0.470 e. The molecule has 0 atom stereocenters. The minimum atomic E-state index is -4.85. The maximum absolute atomic E-state index is 12.8. The Labute approximate surface area is 121 Å². The SMILES string of the molecule is CC(C)(C)[Si](NC(=O)C(F)(F)F)(C(C)(C)C)C(C)(C)C. The van der Waals surface area contributed by atoms with Gasteiger partial charge in [0.15, 0.2) is 8.24 Å². The summed E-state index contributed by atoms with van der Waals surface area (Å²) in [4.78, 5) is 14.1. The van der Waals surface area contributed by atoms with E-state index in [0.717, 1.165) is 0 Å². The molecule has 0 radical (unpaired) electrons. The molecule has 0 aromatic carbocycles. The Morgan fingerprint density at radius 3 is 1.15 bits per heavy atom. The summed E-state index contributed by atoms with van der Waals surface area (Å²) in [5, 5.41) is -1.24. The van der Waals surface area contributed by atoms with Gasteiger partial charge in [0.25, 0.3) is 0 Å². The molecule has 0 unspecified atom stereocenters. The maximum Gasteiger partial charge on any atom is 0.470 e. The molecule has 0 rings (SSSR count). The second-order valence-corrected chi connectivity index (χ2v) is 14.7. The molecule has 0 saturated carbocycles. The number of alkyl halides is 3. The molecule has 0 saturated heterocycles. The van der Waals surface area contributed by atoms with Gasteiger partial charge in [-0.3, -0.25) is 4.79 Å². The first-order chi connectivity index (χ1) is 8.38. The van der Waals surface area contributed by atoms with Crippen molar-refractivity contribution in [2.75, 3.05) is 0 Å². The summed E-state index contributed by atoms with van der Waals surface area (Å²) in [6.45, 7) is 17.3. The lowest BCUT2D eigenvalue weighted by Crippen LogP contribution is -2.71. The molecule has 2 nitrogen and oxygen atoms in total. The van der Waals surface area contributed by atoms with E-state index in [1.165, 1.54) is 0 Å². The van der Waals surface area contributed by atoms with Gasteiger partial charge >= 0.3 is 12.1 Å². The summed E-state index contributed by atoms with van der Waals surface area (Å²) < 4.78 is 38.3.